The van der Waals surface area contributed by atoms with E-state index in [0.29, 0.717) is 30.2 Å². The molecule has 5 nitrogen and oxygen atoms in total. The Bertz CT molecular complexity index is 758. The van der Waals surface area contributed by atoms with Gasteiger partial charge in [-0.1, -0.05) is 23.7 Å². The second kappa shape index (κ2) is 7.66. The van der Waals surface area contributed by atoms with E-state index in [9.17, 15) is 4.79 Å². The number of halogens is 1. The number of ether oxygens (including phenoxy) is 2. The zero-order valence-corrected chi connectivity index (χ0v) is 15.1. The third-order valence-corrected chi connectivity index (χ3v) is 4.72. The fourth-order valence-corrected chi connectivity index (χ4v) is 3.26. The molecule has 0 atom stereocenters. The summed E-state index contributed by atoms with van der Waals surface area (Å²) in [6.07, 6.45) is 0. The Kier molecular flexibility index (Phi) is 5.34. The molecule has 1 heterocycles. The van der Waals surface area contributed by atoms with Gasteiger partial charge in [-0.3, -0.25) is 4.79 Å². The lowest BCUT2D eigenvalue weighted by Crippen LogP contribution is -2.49. The third-order valence-electron chi connectivity index (χ3n) is 4.40. The molecule has 1 aliphatic rings. The van der Waals surface area contributed by atoms with Crippen molar-refractivity contribution < 1.29 is 14.3 Å². The average molecular weight is 361 g/mol. The predicted molar refractivity (Wildman–Crippen MR) is 99.1 cm³/mol. The second-order valence-corrected chi connectivity index (χ2v) is 6.20. The summed E-state index contributed by atoms with van der Waals surface area (Å²) >= 11 is 6.27. The number of carbonyl (C=O) groups is 1. The van der Waals surface area contributed by atoms with Gasteiger partial charge >= 0.3 is 0 Å². The lowest BCUT2D eigenvalue weighted by Gasteiger charge is -2.36. The first kappa shape index (κ1) is 17.4. The van der Waals surface area contributed by atoms with Crippen molar-refractivity contribution in [2.24, 2.45) is 0 Å². The zero-order valence-electron chi connectivity index (χ0n) is 14.4. The maximum Gasteiger partial charge on any atom is 0.257 e. The summed E-state index contributed by atoms with van der Waals surface area (Å²) in [5.74, 6) is 1.16. The van der Waals surface area contributed by atoms with E-state index in [4.69, 9.17) is 21.1 Å². The topological polar surface area (TPSA) is 42.0 Å². The summed E-state index contributed by atoms with van der Waals surface area (Å²) in [5, 5.41) is 0.735. The number of rotatable bonds is 4. The molecule has 6 heteroatoms. The molecule has 0 aromatic heterocycles. The summed E-state index contributed by atoms with van der Waals surface area (Å²) in [5.41, 5.74) is 1.56. The van der Waals surface area contributed by atoms with Crippen molar-refractivity contribution in [3.05, 3.63) is 53.1 Å². The number of carbonyl (C=O) groups excluding carboxylic acids is 1. The molecule has 0 radical (unpaired) electrons. The number of piperazine rings is 1. The van der Waals surface area contributed by atoms with E-state index >= 15 is 0 Å². The molecule has 0 saturated carbocycles. The smallest absolute Gasteiger partial charge is 0.257 e. The maximum atomic E-state index is 12.8. The summed E-state index contributed by atoms with van der Waals surface area (Å²) in [6, 6.07) is 13.0. The highest BCUT2D eigenvalue weighted by Crippen LogP contribution is 2.28. The molecule has 0 N–H and O–H groups in total. The Morgan fingerprint density at radius 2 is 1.72 bits per heavy atom. The van der Waals surface area contributed by atoms with Gasteiger partial charge in [-0.15, -0.1) is 0 Å². The number of hydrogen-bond acceptors (Lipinski definition) is 4. The first-order valence-electron chi connectivity index (χ1n) is 8.15. The quantitative estimate of drug-likeness (QED) is 0.838. The molecule has 0 spiro atoms. The van der Waals surface area contributed by atoms with Gasteiger partial charge in [0.05, 0.1) is 30.5 Å². The minimum Gasteiger partial charge on any atom is -0.497 e. The summed E-state index contributed by atoms with van der Waals surface area (Å²) in [6.45, 7) is 2.76. The molecule has 1 saturated heterocycles. The Balaban J connectivity index is 1.71. The van der Waals surface area contributed by atoms with Crippen molar-refractivity contribution in [3.63, 3.8) is 0 Å². The van der Waals surface area contributed by atoms with Crippen LogP contribution in [0.4, 0.5) is 5.69 Å². The van der Waals surface area contributed by atoms with Crippen LogP contribution in [0.1, 0.15) is 10.4 Å². The number of hydrogen-bond donors (Lipinski definition) is 0. The highest BCUT2D eigenvalue weighted by atomic mass is 35.5. The SMILES string of the molecule is COc1ccc(C(=O)N2CCN(c3ccccc3Cl)CC2)c(OC)c1. The second-order valence-electron chi connectivity index (χ2n) is 5.80. The molecule has 0 aliphatic carbocycles. The van der Waals surface area contributed by atoms with E-state index in [1.165, 1.54) is 0 Å². The van der Waals surface area contributed by atoms with E-state index < -0.39 is 0 Å². The lowest BCUT2D eigenvalue weighted by molar-refractivity contribution is 0.0743. The minimum absolute atomic E-state index is 0.0293. The molecule has 1 aliphatic heterocycles. The van der Waals surface area contributed by atoms with E-state index in [-0.39, 0.29) is 5.91 Å². The first-order chi connectivity index (χ1) is 12.1. The van der Waals surface area contributed by atoms with Gasteiger partial charge in [-0.05, 0) is 24.3 Å². The molecule has 25 heavy (non-hydrogen) atoms. The largest absolute Gasteiger partial charge is 0.497 e. The average Bonchev–Trinajstić information content (AvgIpc) is 2.67. The maximum absolute atomic E-state index is 12.8. The van der Waals surface area contributed by atoms with Crippen LogP contribution >= 0.6 is 11.6 Å². The Labute approximate surface area is 152 Å². The van der Waals surface area contributed by atoms with Crippen LogP contribution in [0.3, 0.4) is 0 Å². The molecule has 132 valence electrons. The Morgan fingerprint density at radius 3 is 2.36 bits per heavy atom. The van der Waals surface area contributed by atoms with Crippen molar-refractivity contribution in [2.45, 2.75) is 0 Å². The fourth-order valence-electron chi connectivity index (χ4n) is 3.00. The van der Waals surface area contributed by atoms with Crippen molar-refractivity contribution in [2.75, 3.05) is 45.3 Å². The van der Waals surface area contributed by atoms with Crippen molar-refractivity contribution >= 4 is 23.2 Å². The van der Waals surface area contributed by atoms with Crippen LogP contribution in [0.5, 0.6) is 11.5 Å². The highest BCUT2D eigenvalue weighted by molar-refractivity contribution is 6.33. The predicted octanol–water partition coefficient (Wildman–Crippen LogP) is 3.32. The van der Waals surface area contributed by atoms with Crippen LogP contribution in [-0.4, -0.2) is 51.2 Å². The lowest BCUT2D eigenvalue weighted by atomic mass is 10.1. The molecule has 1 amide bonds. The monoisotopic (exact) mass is 360 g/mol. The summed E-state index contributed by atoms with van der Waals surface area (Å²) in [4.78, 5) is 16.9. The number of nitrogens with zero attached hydrogens (tertiary/aromatic N) is 2. The van der Waals surface area contributed by atoms with Crippen LogP contribution < -0.4 is 14.4 Å². The Morgan fingerprint density at radius 1 is 1.00 bits per heavy atom. The van der Waals surface area contributed by atoms with Gasteiger partial charge in [-0.25, -0.2) is 0 Å². The molecule has 0 bridgehead atoms. The molecular formula is C19H21ClN2O3. The number of benzene rings is 2. The molecule has 2 aromatic carbocycles. The van der Waals surface area contributed by atoms with Gasteiger partial charge in [0.2, 0.25) is 0 Å². The number of anilines is 1. The van der Waals surface area contributed by atoms with Crippen molar-refractivity contribution in [1.82, 2.24) is 4.90 Å². The van der Waals surface area contributed by atoms with Gasteiger partial charge in [0.25, 0.3) is 5.91 Å². The first-order valence-corrected chi connectivity index (χ1v) is 8.52. The van der Waals surface area contributed by atoms with Gasteiger partial charge < -0.3 is 19.3 Å². The van der Waals surface area contributed by atoms with Gasteiger partial charge in [0.15, 0.2) is 0 Å². The number of amides is 1. The third kappa shape index (κ3) is 3.66. The molecule has 1 fully saturated rings. The summed E-state index contributed by atoms with van der Waals surface area (Å²) in [7, 11) is 3.14. The summed E-state index contributed by atoms with van der Waals surface area (Å²) < 4.78 is 10.5. The molecular weight excluding hydrogens is 340 g/mol. The molecule has 2 aromatic rings. The van der Waals surface area contributed by atoms with Gasteiger partial charge in [0, 0.05) is 32.2 Å². The minimum atomic E-state index is -0.0293. The number of methoxy groups -OCH3 is 2. The number of para-hydroxylation sites is 1. The highest BCUT2D eigenvalue weighted by Gasteiger charge is 2.25. The standard InChI is InChI=1S/C19H21ClN2O3/c1-24-14-7-8-15(18(13-14)25-2)19(23)22-11-9-21(10-12-22)17-6-4-3-5-16(17)20/h3-8,13H,9-12H2,1-2H3. The van der Waals surface area contributed by atoms with Crippen LogP contribution in [0.15, 0.2) is 42.5 Å². The van der Waals surface area contributed by atoms with Crippen LogP contribution in [0.2, 0.25) is 5.02 Å². The normalized spacial score (nSPS) is 14.4. The van der Waals surface area contributed by atoms with Crippen LogP contribution in [-0.2, 0) is 0 Å². The van der Waals surface area contributed by atoms with E-state index in [1.807, 2.05) is 29.2 Å². The van der Waals surface area contributed by atoms with E-state index in [0.717, 1.165) is 23.8 Å². The van der Waals surface area contributed by atoms with Gasteiger partial charge in [0.1, 0.15) is 11.5 Å². The molecule has 3 rings (SSSR count). The van der Waals surface area contributed by atoms with Crippen molar-refractivity contribution in [1.29, 1.82) is 0 Å². The van der Waals surface area contributed by atoms with E-state index in [1.54, 1.807) is 32.4 Å². The fraction of sp³-hybridized carbons (Fsp3) is 0.316. The van der Waals surface area contributed by atoms with Crippen LogP contribution in [0.25, 0.3) is 0 Å². The van der Waals surface area contributed by atoms with Crippen LogP contribution in [0, 0.1) is 0 Å². The molecule has 0 unspecified atom stereocenters. The van der Waals surface area contributed by atoms with Gasteiger partial charge in [-0.2, -0.15) is 0 Å². The van der Waals surface area contributed by atoms with Crippen molar-refractivity contribution in [3.8, 4) is 11.5 Å². The zero-order chi connectivity index (χ0) is 17.8. The Hall–Kier alpha value is -2.40. The van der Waals surface area contributed by atoms with E-state index in [2.05, 4.69) is 4.90 Å².